The molecule has 0 saturated carbocycles. The fourth-order valence-corrected chi connectivity index (χ4v) is 1.31. The van der Waals surface area contributed by atoms with E-state index >= 15 is 0 Å². The molecule has 0 amide bonds. The molecule has 0 unspecified atom stereocenters. The summed E-state index contributed by atoms with van der Waals surface area (Å²) in [5.41, 5.74) is 5.57. The molecular weight excluding hydrogens is 148 g/mol. The van der Waals surface area contributed by atoms with Gasteiger partial charge in [-0.1, -0.05) is 27.7 Å². The zero-order valence-corrected chi connectivity index (χ0v) is 8.96. The van der Waals surface area contributed by atoms with Gasteiger partial charge in [0.2, 0.25) is 0 Å². The molecule has 0 aliphatic carbocycles. The molecule has 0 rings (SSSR count). The second-order valence-corrected chi connectivity index (χ2v) is 3.61. The molecule has 0 bridgehead atoms. The van der Waals surface area contributed by atoms with Crippen LogP contribution < -0.4 is 5.73 Å². The minimum absolute atomic E-state index is 0.699. The van der Waals surface area contributed by atoms with Crippen molar-refractivity contribution < 1.29 is 0 Å². The van der Waals surface area contributed by atoms with Gasteiger partial charge in [-0.3, -0.25) is 0 Å². The third-order valence-electron chi connectivity index (χ3n) is 1.98. The van der Waals surface area contributed by atoms with Crippen molar-refractivity contribution in [2.45, 2.75) is 34.6 Å². The fourth-order valence-electron chi connectivity index (χ4n) is 1.31. The normalized spacial score (nSPS) is 9.67. The summed E-state index contributed by atoms with van der Waals surface area (Å²) < 4.78 is 0. The number of rotatable bonds is 3. The van der Waals surface area contributed by atoms with E-state index in [4.69, 9.17) is 11.0 Å². The smallest absolute Gasteiger partial charge is 0.0587 e. The predicted octanol–water partition coefficient (Wildman–Crippen LogP) is 2.40. The van der Waals surface area contributed by atoms with E-state index < -0.39 is 0 Å². The number of nitrogens with two attached hydrogens (primary N) is 1. The van der Waals surface area contributed by atoms with E-state index in [2.05, 4.69) is 27.7 Å². The van der Waals surface area contributed by atoms with Crippen LogP contribution in [0.15, 0.2) is 0 Å². The summed E-state index contributed by atoms with van der Waals surface area (Å²) in [7, 11) is 0. The number of nitrogens with zero attached hydrogens (tertiary/aromatic N) is 1. The molecule has 2 nitrogen and oxygen atoms in total. The van der Waals surface area contributed by atoms with Crippen LogP contribution >= 0.6 is 0 Å². The maximum Gasteiger partial charge on any atom is 0.0587 e. The van der Waals surface area contributed by atoms with E-state index in [1.165, 1.54) is 6.92 Å². The van der Waals surface area contributed by atoms with Gasteiger partial charge in [0.25, 0.3) is 0 Å². The van der Waals surface area contributed by atoms with Crippen LogP contribution in [0.1, 0.15) is 34.6 Å². The molecule has 0 aromatic rings. The SMILES string of the molecule is CC#N.CC(C)C(CN)C(C)C. The van der Waals surface area contributed by atoms with Gasteiger partial charge < -0.3 is 5.73 Å². The van der Waals surface area contributed by atoms with E-state index in [-0.39, 0.29) is 0 Å². The van der Waals surface area contributed by atoms with E-state index in [0.717, 1.165) is 18.4 Å². The summed E-state index contributed by atoms with van der Waals surface area (Å²) in [6, 6.07) is 1.75. The third kappa shape index (κ3) is 7.56. The monoisotopic (exact) mass is 170 g/mol. The van der Waals surface area contributed by atoms with Crippen LogP contribution in [0.4, 0.5) is 0 Å². The lowest BCUT2D eigenvalue weighted by molar-refractivity contribution is 0.297. The fraction of sp³-hybridized carbons (Fsp3) is 0.900. The molecule has 0 saturated heterocycles. The molecule has 0 radical (unpaired) electrons. The van der Waals surface area contributed by atoms with Crippen LogP contribution in [0, 0.1) is 29.1 Å². The van der Waals surface area contributed by atoms with Gasteiger partial charge in [0.05, 0.1) is 6.07 Å². The summed E-state index contributed by atoms with van der Waals surface area (Å²) in [5, 5.41) is 7.32. The minimum Gasteiger partial charge on any atom is -0.330 e. The highest BCUT2D eigenvalue weighted by Gasteiger charge is 2.14. The number of hydrogen-bond acceptors (Lipinski definition) is 2. The van der Waals surface area contributed by atoms with Crippen LogP contribution in [-0.2, 0) is 0 Å². The van der Waals surface area contributed by atoms with Gasteiger partial charge in [-0.25, -0.2) is 0 Å². The van der Waals surface area contributed by atoms with E-state index in [1.54, 1.807) is 6.07 Å². The van der Waals surface area contributed by atoms with Crippen LogP contribution in [0.2, 0.25) is 0 Å². The van der Waals surface area contributed by atoms with Crippen LogP contribution in [0.3, 0.4) is 0 Å². The van der Waals surface area contributed by atoms with Gasteiger partial charge in [0, 0.05) is 6.92 Å². The largest absolute Gasteiger partial charge is 0.330 e. The van der Waals surface area contributed by atoms with Crippen molar-refractivity contribution >= 4 is 0 Å². The summed E-state index contributed by atoms with van der Waals surface area (Å²) >= 11 is 0. The van der Waals surface area contributed by atoms with Gasteiger partial charge in [0.15, 0.2) is 0 Å². The van der Waals surface area contributed by atoms with Gasteiger partial charge in [-0.05, 0) is 24.3 Å². The standard InChI is InChI=1S/C8H19N.C2H3N/c1-6(2)8(5-9)7(3)4;1-2-3/h6-8H,5,9H2,1-4H3;1H3. The third-order valence-corrected chi connectivity index (χ3v) is 1.98. The predicted molar refractivity (Wildman–Crippen MR) is 53.5 cm³/mol. The molecule has 2 N–H and O–H groups in total. The Kier molecular flexibility index (Phi) is 9.97. The van der Waals surface area contributed by atoms with Gasteiger partial charge >= 0.3 is 0 Å². The molecule has 0 fully saturated rings. The zero-order valence-electron chi connectivity index (χ0n) is 8.96. The van der Waals surface area contributed by atoms with Crippen molar-refractivity contribution in [3.8, 4) is 6.07 Å². The minimum atomic E-state index is 0.699. The molecule has 0 atom stereocenters. The first kappa shape index (κ1) is 14.0. The lowest BCUT2D eigenvalue weighted by Crippen LogP contribution is -2.24. The molecule has 72 valence electrons. The van der Waals surface area contributed by atoms with Crippen LogP contribution in [0.5, 0.6) is 0 Å². The van der Waals surface area contributed by atoms with Crippen molar-refractivity contribution in [2.75, 3.05) is 6.54 Å². The lowest BCUT2D eigenvalue weighted by Gasteiger charge is -2.22. The Morgan fingerprint density at radius 3 is 1.42 bits per heavy atom. The molecule has 0 heterocycles. The molecule has 0 aromatic carbocycles. The van der Waals surface area contributed by atoms with Crippen LogP contribution in [0.25, 0.3) is 0 Å². The zero-order chi connectivity index (χ0) is 10.1. The van der Waals surface area contributed by atoms with E-state index in [1.807, 2.05) is 0 Å². The summed E-state index contributed by atoms with van der Waals surface area (Å²) in [6.07, 6.45) is 0. The van der Waals surface area contributed by atoms with E-state index in [9.17, 15) is 0 Å². The molecular formula is C10H22N2. The Morgan fingerprint density at radius 1 is 1.17 bits per heavy atom. The summed E-state index contributed by atoms with van der Waals surface area (Å²) in [6.45, 7) is 11.2. The first-order chi connectivity index (χ1) is 5.51. The molecule has 0 aliphatic heterocycles. The lowest BCUT2D eigenvalue weighted by atomic mass is 9.86. The van der Waals surface area contributed by atoms with Gasteiger partial charge in [-0.2, -0.15) is 5.26 Å². The number of hydrogen-bond donors (Lipinski definition) is 1. The highest BCUT2D eigenvalue weighted by molar-refractivity contribution is 4.66. The first-order valence-corrected chi connectivity index (χ1v) is 4.52. The Hall–Kier alpha value is -0.550. The van der Waals surface area contributed by atoms with Crippen LogP contribution in [-0.4, -0.2) is 6.54 Å². The van der Waals surface area contributed by atoms with Gasteiger partial charge in [0.1, 0.15) is 0 Å². The van der Waals surface area contributed by atoms with Crippen molar-refractivity contribution in [3.63, 3.8) is 0 Å². The molecule has 0 aliphatic rings. The molecule has 0 spiro atoms. The van der Waals surface area contributed by atoms with Crippen molar-refractivity contribution in [1.29, 1.82) is 5.26 Å². The van der Waals surface area contributed by atoms with E-state index in [0.29, 0.717) is 5.92 Å². The molecule has 12 heavy (non-hydrogen) atoms. The number of nitriles is 1. The second-order valence-electron chi connectivity index (χ2n) is 3.61. The van der Waals surface area contributed by atoms with Crippen molar-refractivity contribution in [2.24, 2.45) is 23.5 Å². The Balaban J connectivity index is 0. The molecule has 2 heteroatoms. The highest BCUT2D eigenvalue weighted by atomic mass is 14.6. The summed E-state index contributed by atoms with van der Waals surface area (Å²) in [5.74, 6) is 2.16. The Labute approximate surface area is 76.8 Å². The average Bonchev–Trinajstić information content (AvgIpc) is 1.88. The maximum atomic E-state index is 7.32. The highest BCUT2D eigenvalue weighted by Crippen LogP contribution is 2.18. The quantitative estimate of drug-likeness (QED) is 0.707. The Morgan fingerprint density at radius 2 is 1.42 bits per heavy atom. The van der Waals surface area contributed by atoms with Crippen molar-refractivity contribution in [1.82, 2.24) is 0 Å². The van der Waals surface area contributed by atoms with Gasteiger partial charge in [-0.15, -0.1) is 0 Å². The Bertz CT molecular complexity index is 114. The summed E-state index contributed by atoms with van der Waals surface area (Å²) in [4.78, 5) is 0. The average molecular weight is 170 g/mol. The topological polar surface area (TPSA) is 49.8 Å². The maximum absolute atomic E-state index is 7.32. The van der Waals surface area contributed by atoms with Crippen molar-refractivity contribution in [3.05, 3.63) is 0 Å². The first-order valence-electron chi connectivity index (χ1n) is 4.52. The second kappa shape index (κ2) is 8.55. The molecule has 0 aromatic heterocycles.